The number of rotatable bonds is 7. The minimum absolute atomic E-state index is 0.125. The summed E-state index contributed by atoms with van der Waals surface area (Å²) in [6.45, 7) is 4.96. The summed E-state index contributed by atoms with van der Waals surface area (Å²) in [6, 6.07) is 4.05. The molecule has 1 aromatic rings. The summed E-state index contributed by atoms with van der Waals surface area (Å²) >= 11 is 0. The number of hydrogen-bond acceptors (Lipinski definition) is 3. The second-order valence-electron chi connectivity index (χ2n) is 10.0. The molecule has 1 aromatic carbocycles. The van der Waals surface area contributed by atoms with Gasteiger partial charge >= 0.3 is 6.03 Å². The molecule has 5 rings (SSSR count). The molecule has 4 aliphatic carbocycles. The van der Waals surface area contributed by atoms with Gasteiger partial charge in [-0.2, -0.15) is 0 Å². The van der Waals surface area contributed by atoms with E-state index in [1.807, 2.05) is 19.9 Å². The third kappa shape index (κ3) is 4.71. The molecule has 0 radical (unpaired) electrons. The van der Waals surface area contributed by atoms with Gasteiger partial charge in [-0.25, -0.2) is 9.18 Å². The van der Waals surface area contributed by atoms with Crippen LogP contribution in [0.2, 0.25) is 0 Å². The molecule has 6 nitrogen and oxygen atoms in total. The number of urea groups is 1. The van der Waals surface area contributed by atoms with Gasteiger partial charge in [0, 0.05) is 11.1 Å². The Labute approximate surface area is 183 Å². The van der Waals surface area contributed by atoms with E-state index in [0.717, 1.165) is 47.5 Å². The average molecular weight is 433 g/mol. The minimum Gasteiger partial charge on any atom is -0.494 e. The first kappa shape index (κ1) is 22.1. The molecule has 4 fully saturated rings. The van der Waals surface area contributed by atoms with Gasteiger partial charge in [0.15, 0.2) is 17.6 Å². The summed E-state index contributed by atoms with van der Waals surface area (Å²) in [6.07, 6.45) is 7.06. The van der Waals surface area contributed by atoms with Crippen LogP contribution in [0.15, 0.2) is 18.2 Å². The highest BCUT2D eigenvalue weighted by atomic mass is 19.1. The number of likely N-dealkylation sites (N-methyl/N-ethyl adjacent to an activating group) is 1. The number of amides is 3. The zero-order valence-corrected chi connectivity index (χ0v) is 18.8. The standard InChI is InChI=1S/C24H34FN3O3/c1-4-28(14-16-5-6-21(31-3)20(25)10-16)15(2)22(29)26-23(30)27-24-11-17-7-18(12-24)9-19(8-17)13-24/h5-6,10,15,17-19H,4,7-9,11-14H2,1-3H3,(H2,26,27,29,30)/p+1/t15-,17?,18?,19?,24?/m0/s1. The van der Waals surface area contributed by atoms with Crippen molar-refractivity contribution in [1.82, 2.24) is 10.6 Å². The molecule has 3 amide bonds. The molecule has 4 saturated carbocycles. The normalized spacial score (nSPS) is 30.5. The van der Waals surface area contributed by atoms with Crippen molar-refractivity contribution in [3.63, 3.8) is 0 Å². The summed E-state index contributed by atoms with van der Waals surface area (Å²) in [7, 11) is 1.43. The second-order valence-corrected chi connectivity index (χ2v) is 10.0. The van der Waals surface area contributed by atoms with Gasteiger partial charge in [0.1, 0.15) is 6.54 Å². The molecule has 2 atom stereocenters. The number of carbonyl (C=O) groups is 2. The van der Waals surface area contributed by atoms with E-state index < -0.39 is 11.9 Å². The Morgan fingerprint density at radius 2 is 1.81 bits per heavy atom. The average Bonchev–Trinajstić information content (AvgIpc) is 2.70. The Balaban J connectivity index is 1.33. The van der Waals surface area contributed by atoms with Gasteiger partial charge in [0.05, 0.1) is 13.7 Å². The van der Waals surface area contributed by atoms with Gasteiger partial charge in [-0.3, -0.25) is 10.1 Å². The van der Waals surface area contributed by atoms with Crippen LogP contribution in [0.5, 0.6) is 5.75 Å². The topological polar surface area (TPSA) is 71.9 Å². The smallest absolute Gasteiger partial charge is 0.322 e. The highest BCUT2D eigenvalue weighted by Gasteiger charge is 2.51. The van der Waals surface area contributed by atoms with Crippen LogP contribution in [0.3, 0.4) is 0 Å². The summed E-state index contributed by atoms with van der Waals surface area (Å²) in [5, 5.41) is 5.77. The summed E-state index contributed by atoms with van der Waals surface area (Å²) in [5.41, 5.74) is 0.660. The number of quaternary nitrogens is 1. The van der Waals surface area contributed by atoms with Crippen LogP contribution in [-0.2, 0) is 11.3 Å². The third-order valence-corrected chi connectivity index (χ3v) is 7.76. The number of hydrogen-bond donors (Lipinski definition) is 3. The lowest BCUT2D eigenvalue weighted by atomic mass is 9.53. The van der Waals surface area contributed by atoms with Gasteiger partial charge in [0.25, 0.3) is 5.91 Å². The summed E-state index contributed by atoms with van der Waals surface area (Å²) in [4.78, 5) is 26.5. The molecule has 0 saturated heterocycles. The molecule has 3 N–H and O–H groups in total. The first-order valence-electron chi connectivity index (χ1n) is 11.6. The van der Waals surface area contributed by atoms with Gasteiger partial charge in [0.2, 0.25) is 0 Å². The van der Waals surface area contributed by atoms with Gasteiger partial charge in [-0.1, -0.05) is 0 Å². The predicted octanol–water partition coefficient (Wildman–Crippen LogP) is 2.42. The second kappa shape index (κ2) is 8.77. The van der Waals surface area contributed by atoms with E-state index in [1.54, 1.807) is 6.07 Å². The highest BCUT2D eigenvalue weighted by Crippen LogP contribution is 2.55. The van der Waals surface area contributed by atoms with Crippen molar-refractivity contribution >= 4 is 11.9 Å². The highest BCUT2D eigenvalue weighted by molar-refractivity contribution is 5.96. The number of halogens is 1. The lowest BCUT2D eigenvalue weighted by molar-refractivity contribution is -0.926. The number of carbonyl (C=O) groups excluding carboxylic acids is 2. The third-order valence-electron chi connectivity index (χ3n) is 7.76. The van der Waals surface area contributed by atoms with E-state index in [9.17, 15) is 14.0 Å². The number of imide groups is 1. The Bertz CT molecular complexity index is 808. The molecule has 31 heavy (non-hydrogen) atoms. The van der Waals surface area contributed by atoms with Crippen molar-refractivity contribution in [3.8, 4) is 5.75 Å². The fourth-order valence-electron chi connectivity index (χ4n) is 6.61. The molecule has 170 valence electrons. The lowest BCUT2D eigenvalue weighted by Crippen LogP contribution is -3.15. The lowest BCUT2D eigenvalue weighted by Gasteiger charge is -2.56. The van der Waals surface area contributed by atoms with Crippen LogP contribution in [0, 0.1) is 23.6 Å². The number of ether oxygens (including phenoxy) is 1. The number of methoxy groups -OCH3 is 1. The fourth-order valence-corrected chi connectivity index (χ4v) is 6.61. The molecule has 7 heteroatoms. The van der Waals surface area contributed by atoms with Crippen molar-refractivity contribution < 1.29 is 23.6 Å². The Morgan fingerprint density at radius 1 is 1.19 bits per heavy atom. The first-order valence-corrected chi connectivity index (χ1v) is 11.6. The maximum atomic E-state index is 14.0. The van der Waals surface area contributed by atoms with E-state index in [-0.39, 0.29) is 23.2 Å². The van der Waals surface area contributed by atoms with Crippen molar-refractivity contribution in [2.45, 2.75) is 70.5 Å². The fraction of sp³-hybridized carbons (Fsp3) is 0.667. The minimum atomic E-state index is -0.433. The maximum Gasteiger partial charge on any atom is 0.322 e. The van der Waals surface area contributed by atoms with Crippen LogP contribution in [0.1, 0.15) is 57.9 Å². The SMILES string of the molecule is CC[NH+](Cc1ccc(OC)c(F)c1)[C@@H](C)C(=O)NC(=O)NC12CC3CC(CC(C3)C1)C2. The van der Waals surface area contributed by atoms with Crippen LogP contribution < -0.4 is 20.3 Å². The molecule has 0 aliphatic heterocycles. The maximum absolute atomic E-state index is 14.0. The molecular weight excluding hydrogens is 397 g/mol. The number of benzene rings is 1. The quantitative estimate of drug-likeness (QED) is 0.620. The van der Waals surface area contributed by atoms with Crippen molar-refractivity contribution in [2.24, 2.45) is 17.8 Å². The number of nitrogens with one attached hydrogen (secondary N) is 3. The molecule has 0 spiro atoms. The molecule has 0 aromatic heterocycles. The molecule has 1 unspecified atom stereocenters. The van der Waals surface area contributed by atoms with Crippen LogP contribution in [-0.4, -0.2) is 37.2 Å². The van der Waals surface area contributed by atoms with Crippen LogP contribution in [0.25, 0.3) is 0 Å². The summed E-state index contributed by atoms with van der Waals surface area (Å²) in [5.74, 6) is 1.67. The Kier molecular flexibility index (Phi) is 6.24. The molecule has 0 heterocycles. The van der Waals surface area contributed by atoms with E-state index >= 15 is 0 Å². The predicted molar refractivity (Wildman–Crippen MR) is 115 cm³/mol. The van der Waals surface area contributed by atoms with E-state index in [4.69, 9.17) is 4.74 Å². The van der Waals surface area contributed by atoms with Gasteiger partial charge in [-0.05, 0) is 88.3 Å². The zero-order valence-electron chi connectivity index (χ0n) is 18.8. The summed E-state index contributed by atoms with van der Waals surface area (Å²) < 4.78 is 19.0. The van der Waals surface area contributed by atoms with Gasteiger partial charge in [-0.15, -0.1) is 0 Å². The monoisotopic (exact) mass is 432 g/mol. The van der Waals surface area contributed by atoms with E-state index in [0.29, 0.717) is 13.1 Å². The van der Waals surface area contributed by atoms with Crippen molar-refractivity contribution in [3.05, 3.63) is 29.6 Å². The largest absolute Gasteiger partial charge is 0.494 e. The molecule has 4 aliphatic rings. The zero-order chi connectivity index (χ0) is 22.2. The van der Waals surface area contributed by atoms with E-state index in [1.165, 1.54) is 32.4 Å². The van der Waals surface area contributed by atoms with Crippen LogP contribution >= 0.6 is 0 Å². The first-order chi connectivity index (χ1) is 14.8. The van der Waals surface area contributed by atoms with Gasteiger partial charge < -0.3 is 15.0 Å². The van der Waals surface area contributed by atoms with Crippen LogP contribution in [0.4, 0.5) is 9.18 Å². The molecular formula is C24H35FN3O3+. The molecule has 4 bridgehead atoms. The Morgan fingerprint density at radius 3 is 2.32 bits per heavy atom. The van der Waals surface area contributed by atoms with Crippen molar-refractivity contribution in [2.75, 3.05) is 13.7 Å². The van der Waals surface area contributed by atoms with Crippen molar-refractivity contribution in [1.29, 1.82) is 0 Å². The Hall–Kier alpha value is -2.15. The van der Waals surface area contributed by atoms with E-state index in [2.05, 4.69) is 10.6 Å².